The van der Waals surface area contributed by atoms with Gasteiger partial charge in [0.2, 0.25) is 5.85 Å². The molecule has 1 fully saturated rings. The molecule has 1 saturated heterocycles. The highest BCUT2D eigenvalue weighted by Gasteiger charge is 2.55. The SMILES string of the molecule is C[C@H]1[C@H]([C@H](O)[C@H](O)CO)OC(C)(F)C(F)[C@@H]1n1cc2ccccc2c1C#N. The van der Waals surface area contributed by atoms with Crippen molar-refractivity contribution >= 4 is 10.8 Å². The van der Waals surface area contributed by atoms with Crippen molar-refractivity contribution < 1.29 is 28.8 Å². The quantitative estimate of drug-likeness (QED) is 0.752. The van der Waals surface area contributed by atoms with Gasteiger partial charge in [-0.1, -0.05) is 31.2 Å². The molecule has 2 heterocycles. The minimum absolute atomic E-state index is 0.179. The Bertz CT molecular complexity index is 863. The highest BCUT2D eigenvalue weighted by Crippen LogP contribution is 2.45. The van der Waals surface area contributed by atoms with Crippen LogP contribution in [0.1, 0.15) is 25.6 Å². The Balaban J connectivity index is 2.11. The molecule has 7 atom stereocenters. The van der Waals surface area contributed by atoms with E-state index in [-0.39, 0.29) is 5.69 Å². The van der Waals surface area contributed by atoms with Crippen molar-refractivity contribution in [1.29, 1.82) is 5.26 Å². The van der Waals surface area contributed by atoms with E-state index in [1.807, 2.05) is 6.07 Å². The van der Waals surface area contributed by atoms with Gasteiger partial charge in [0, 0.05) is 22.9 Å². The highest BCUT2D eigenvalue weighted by atomic mass is 19.2. The maximum atomic E-state index is 15.1. The number of rotatable bonds is 4. The molecule has 146 valence electrons. The van der Waals surface area contributed by atoms with Gasteiger partial charge < -0.3 is 24.6 Å². The first-order valence-corrected chi connectivity index (χ1v) is 8.70. The second kappa shape index (κ2) is 7.17. The molecule has 0 radical (unpaired) electrons. The van der Waals surface area contributed by atoms with Gasteiger partial charge in [-0.15, -0.1) is 0 Å². The van der Waals surface area contributed by atoms with Crippen LogP contribution in [0.15, 0.2) is 30.5 Å². The standard InChI is InChI=1S/C19H22F2N2O4/c1-10-15(23-8-11-5-3-4-6-12(11)13(23)7-22)18(20)19(2,21)27-17(10)16(26)14(25)9-24/h3-6,8,10,14-18,24-26H,9H2,1-2H3/t10-,14-,15-,16-,17-,18?,19?/m1/s1. The van der Waals surface area contributed by atoms with Gasteiger partial charge in [-0.3, -0.25) is 0 Å². The molecule has 0 bridgehead atoms. The lowest BCUT2D eigenvalue weighted by molar-refractivity contribution is -0.287. The van der Waals surface area contributed by atoms with Gasteiger partial charge in [-0.2, -0.15) is 5.26 Å². The Morgan fingerprint density at radius 1 is 1.37 bits per heavy atom. The van der Waals surface area contributed by atoms with E-state index in [1.165, 1.54) is 4.57 Å². The van der Waals surface area contributed by atoms with Crippen LogP contribution in [0, 0.1) is 17.2 Å². The van der Waals surface area contributed by atoms with Crippen molar-refractivity contribution in [3.63, 3.8) is 0 Å². The van der Waals surface area contributed by atoms with Crippen LogP contribution in [0.2, 0.25) is 0 Å². The summed E-state index contributed by atoms with van der Waals surface area (Å²) in [5.74, 6) is -3.55. The summed E-state index contributed by atoms with van der Waals surface area (Å²) in [6.07, 6.45) is -5.00. The summed E-state index contributed by atoms with van der Waals surface area (Å²) in [5.41, 5.74) is 0.179. The molecule has 27 heavy (non-hydrogen) atoms. The number of halogens is 2. The Kier molecular flexibility index (Phi) is 5.23. The van der Waals surface area contributed by atoms with Gasteiger partial charge in [-0.05, 0) is 6.92 Å². The Morgan fingerprint density at radius 3 is 2.67 bits per heavy atom. The molecule has 0 spiro atoms. The van der Waals surface area contributed by atoms with Gasteiger partial charge in [0.05, 0.1) is 18.8 Å². The number of hydrogen-bond donors (Lipinski definition) is 3. The monoisotopic (exact) mass is 380 g/mol. The lowest BCUT2D eigenvalue weighted by atomic mass is 9.82. The Labute approximate surface area is 155 Å². The van der Waals surface area contributed by atoms with E-state index in [0.717, 1.165) is 6.92 Å². The van der Waals surface area contributed by atoms with Crippen LogP contribution in [0.25, 0.3) is 10.8 Å². The molecule has 1 aliphatic heterocycles. The molecule has 8 heteroatoms. The number of nitriles is 1. The molecule has 0 saturated carbocycles. The number of fused-ring (bicyclic) bond motifs is 1. The van der Waals surface area contributed by atoms with Crippen LogP contribution in [0.4, 0.5) is 8.78 Å². The summed E-state index contributed by atoms with van der Waals surface area (Å²) in [7, 11) is 0. The molecule has 6 nitrogen and oxygen atoms in total. The molecule has 3 rings (SSSR count). The first kappa shape index (κ1) is 19.7. The molecular formula is C19H22F2N2O4. The number of ether oxygens (including phenoxy) is 1. The van der Waals surface area contributed by atoms with Gasteiger partial charge in [0.1, 0.15) is 24.0 Å². The first-order chi connectivity index (χ1) is 12.7. The van der Waals surface area contributed by atoms with Crippen molar-refractivity contribution in [1.82, 2.24) is 4.57 Å². The van der Waals surface area contributed by atoms with Crippen LogP contribution < -0.4 is 0 Å². The predicted molar refractivity (Wildman–Crippen MR) is 93.2 cm³/mol. The fourth-order valence-electron chi connectivity index (χ4n) is 3.84. The van der Waals surface area contributed by atoms with E-state index in [4.69, 9.17) is 9.84 Å². The average molecular weight is 380 g/mol. The zero-order valence-corrected chi connectivity index (χ0v) is 15.0. The summed E-state index contributed by atoms with van der Waals surface area (Å²) >= 11 is 0. The minimum Gasteiger partial charge on any atom is -0.394 e. The van der Waals surface area contributed by atoms with E-state index in [1.54, 1.807) is 37.4 Å². The lowest BCUT2D eigenvalue weighted by Gasteiger charge is -2.47. The van der Waals surface area contributed by atoms with Crippen molar-refractivity contribution in [2.24, 2.45) is 5.92 Å². The zero-order valence-electron chi connectivity index (χ0n) is 15.0. The molecule has 2 unspecified atom stereocenters. The predicted octanol–water partition coefficient (Wildman–Crippen LogP) is 1.83. The van der Waals surface area contributed by atoms with E-state index in [0.29, 0.717) is 10.8 Å². The van der Waals surface area contributed by atoms with Crippen LogP contribution in [-0.2, 0) is 4.74 Å². The summed E-state index contributed by atoms with van der Waals surface area (Å²) < 4.78 is 36.5. The van der Waals surface area contributed by atoms with Gasteiger partial charge in [0.15, 0.2) is 6.17 Å². The summed E-state index contributed by atoms with van der Waals surface area (Å²) in [6, 6.07) is 7.90. The van der Waals surface area contributed by atoms with Gasteiger partial charge in [0.25, 0.3) is 0 Å². The maximum Gasteiger partial charge on any atom is 0.240 e. The van der Waals surface area contributed by atoms with Crippen molar-refractivity contribution in [3.05, 3.63) is 36.2 Å². The number of aromatic nitrogens is 1. The fourth-order valence-corrected chi connectivity index (χ4v) is 3.84. The van der Waals surface area contributed by atoms with E-state index >= 15 is 4.39 Å². The molecule has 0 amide bonds. The summed E-state index contributed by atoms with van der Waals surface area (Å²) in [6.45, 7) is 1.71. The zero-order chi connectivity index (χ0) is 19.9. The Hall–Kier alpha value is -2.05. The third-order valence-corrected chi connectivity index (χ3v) is 5.31. The van der Waals surface area contributed by atoms with Gasteiger partial charge >= 0.3 is 0 Å². The summed E-state index contributed by atoms with van der Waals surface area (Å²) in [5, 5.41) is 40.0. The van der Waals surface area contributed by atoms with Crippen molar-refractivity contribution in [2.45, 2.75) is 50.2 Å². The molecule has 1 aromatic heterocycles. The number of nitrogens with zero attached hydrogens (tertiary/aromatic N) is 2. The number of aliphatic hydroxyl groups excluding tert-OH is 3. The Morgan fingerprint density at radius 2 is 2.04 bits per heavy atom. The van der Waals surface area contributed by atoms with Crippen molar-refractivity contribution in [3.8, 4) is 6.07 Å². The van der Waals surface area contributed by atoms with E-state index < -0.39 is 48.9 Å². The molecule has 1 aromatic carbocycles. The van der Waals surface area contributed by atoms with E-state index in [9.17, 15) is 19.9 Å². The van der Waals surface area contributed by atoms with E-state index in [2.05, 4.69) is 0 Å². The molecule has 2 aromatic rings. The third kappa shape index (κ3) is 3.21. The maximum absolute atomic E-state index is 15.1. The highest BCUT2D eigenvalue weighted by molar-refractivity contribution is 5.87. The number of aliphatic hydroxyl groups is 3. The molecule has 3 N–H and O–H groups in total. The lowest BCUT2D eigenvalue weighted by Crippen LogP contribution is -2.59. The largest absolute Gasteiger partial charge is 0.394 e. The third-order valence-electron chi connectivity index (χ3n) is 5.31. The summed E-state index contributed by atoms with van der Waals surface area (Å²) in [4.78, 5) is 0. The number of alkyl halides is 2. The average Bonchev–Trinajstić information content (AvgIpc) is 3.02. The smallest absolute Gasteiger partial charge is 0.240 e. The first-order valence-electron chi connectivity index (χ1n) is 8.70. The molecular weight excluding hydrogens is 358 g/mol. The second-order valence-electron chi connectivity index (χ2n) is 7.14. The van der Waals surface area contributed by atoms with Crippen LogP contribution in [-0.4, -0.2) is 56.8 Å². The van der Waals surface area contributed by atoms with Crippen LogP contribution >= 0.6 is 0 Å². The van der Waals surface area contributed by atoms with Crippen molar-refractivity contribution in [2.75, 3.05) is 6.61 Å². The van der Waals surface area contributed by atoms with Crippen LogP contribution in [0.5, 0.6) is 0 Å². The number of hydrogen-bond acceptors (Lipinski definition) is 5. The van der Waals surface area contributed by atoms with Crippen LogP contribution in [0.3, 0.4) is 0 Å². The molecule has 1 aliphatic rings. The topological polar surface area (TPSA) is 98.6 Å². The second-order valence-corrected chi connectivity index (χ2v) is 7.14. The molecule has 0 aliphatic carbocycles. The normalized spacial score (nSPS) is 33.6. The van der Waals surface area contributed by atoms with Gasteiger partial charge in [-0.25, -0.2) is 8.78 Å². The fraction of sp³-hybridized carbons (Fsp3) is 0.526. The number of benzene rings is 1. The minimum atomic E-state index is -2.75.